The Hall–Kier alpha value is -0.880. The van der Waals surface area contributed by atoms with Crippen molar-refractivity contribution in [2.45, 2.75) is 19.4 Å². The second kappa shape index (κ2) is 4.10. The second-order valence-electron chi connectivity index (χ2n) is 3.79. The Morgan fingerprint density at radius 2 is 2.47 bits per heavy atom. The minimum absolute atomic E-state index is 0.00397. The van der Waals surface area contributed by atoms with E-state index in [9.17, 15) is 4.39 Å². The van der Waals surface area contributed by atoms with Gasteiger partial charge in [-0.15, -0.1) is 11.3 Å². The van der Waals surface area contributed by atoms with Gasteiger partial charge in [-0.25, -0.2) is 9.37 Å². The van der Waals surface area contributed by atoms with Crippen molar-refractivity contribution in [3.63, 3.8) is 0 Å². The molecule has 1 aromatic heterocycles. The van der Waals surface area contributed by atoms with Gasteiger partial charge in [-0.1, -0.05) is 6.92 Å². The van der Waals surface area contributed by atoms with Gasteiger partial charge in [0, 0.05) is 6.07 Å². The van der Waals surface area contributed by atoms with Gasteiger partial charge in [0.05, 0.1) is 0 Å². The molecule has 1 aliphatic rings. The first-order valence-corrected chi connectivity index (χ1v) is 6.88. The van der Waals surface area contributed by atoms with Crippen molar-refractivity contribution in [1.29, 1.82) is 0 Å². The van der Waals surface area contributed by atoms with Gasteiger partial charge in [0.2, 0.25) is 0 Å². The molecular weight excluding hydrogens is 309 g/mol. The lowest BCUT2D eigenvalue weighted by Crippen LogP contribution is -2.28. The number of benzene rings is 1. The first-order valence-electron chi connectivity index (χ1n) is 5.27. The fraction of sp³-hybridized carbons (Fsp3) is 0.364. The number of hydrogen-bond acceptors (Lipinski definition) is 4. The van der Waals surface area contributed by atoms with Crippen molar-refractivity contribution in [3.05, 3.63) is 15.8 Å². The van der Waals surface area contributed by atoms with E-state index in [1.54, 1.807) is 0 Å². The predicted octanol–water partition coefficient (Wildman–Crippen LogP) is 3.75. The lowest BCUT2D eigenvalue weighted by atomic mass is 10.2. The SMILES string of the molecule is CC[C@H]1COc2c(cc(F)c3nc(Br)sc23)O1. The molecule has 6 heteroatoms. The van der Waals surface area contributed by atoms with Crippen LogP contribution in [0.15, 0.2) is 9.98 Å². The highest BCUT2D eigenvalue weighted by Gasteiger charge is 2.25. The van der Waals surface area contributed by atoms with Gasteiger partial charge in [0.15, 0.2) is 21.2 Å². The van der Waals surface area contributed by atoms with Crippen LogP contribution in [0.4, 0.5) is 4.39 Å². The number of fused-ring (bicyclic) bond motifs is 3. The second-order valence-corrected chi connectivity index (χ2v) is 6.06. The van der Waals surface area contributed by atoms with E-state index in [-0.39, 0.29) is 11.9 Å². The maximum absolute atomic E-state index is 13.8. The molecule has 17 heavy (non-hydrogen) atoms. The Kier molecular flexibility index (Phi) is 2.71. The van der Waals surface area contributed by atoms with Crippen LogP contribution >= 0.6 is 27.3 Å². The lowest BCUT2D eigenvalue weighted by Gasteiger charge is -2.25. The summed E-state index contributed by atoms with van der Waals surface area (Å²) < 4.78 is 26.5. The van der Waals surface area contributed by atoms with Gasteiger partial charge in [-0.05, 0) is 22.4 Å². The monoisotopic (exact) mass is 317 g/mol. The largest absolute Gasteiger partial charge is 0.484 e. The minimum Gasteiger partial charge on any atom is -0.484 e. The fourth-order valence-electron chi connectivity index (χ4n) is 1.79. The van der Waals surface area contributed by atoms with E-state index in [4.69, 9.17) is 9.47 Å². The summed E-state index contributed by atoms with van der Waals surface area (Å²) in [5.41, 5.74) is 0.333. The Bertz CT molecular complexity index is 586. The smallest absolute Gasteiger partial charge is 0.181 e. The van der Waals surface area contributed by atoms with Crippen molar-refractivity contribution in [2.75, 3.05) is 6.61 Å². The number of halogens is 2. The molecule has 0 aliphatic carbocycles. The molecule has 0 unspecified atom stereocenters. The molecule has 90 valence electrons. The van der Waals surface area contributed by atoms with Gasteiger partial charge in [0.1, 0.15) is 22.9 Å². The van der Waals surface area contributed by atoms with Gasteiger partial charge in [-0.2, -0.15) is 0 Å². The highest BCUT2D eigenvalue weighted by molar-refractivity contribution is 9.11. The third-order valence-electron chi connectivity index (χ3n) is 2.68. The summed E-state index contributed by atoms with van der Waals surface area (Å²) in [5.74, 6) is 0.708. The molecule has 1 atom stereocenters. The third-order valence-corrected chi connectivity index (χ3v) is 4.18. The molecule has 0 N–H and O–H groups in total. The summed E-state index contributed by atoms with van der Waals surface area (Å²) in [4.78, 5) is 4.08. The highest BCUT2D eigenvalue weighted by atomic mass is 79.9. The van der Waals surface area contributed by atoms with Crippen LogP contribution in [0.1, 0.15) is 13.3 Å². The quantitative estimate of drug-likeness (QED) is 0.802. The van der Waals surface area contributed by atoms with Gasteiger partial charge < -0.3 is 9.47 Å². The van der Waals surface area contributed by atoms with Gasteiger partial charge in [-0.3, -0.25) is 0 Å². The molecule has 3 nitrogen and oxygen atoms in total. The zero-order chi connectivity index (χ0) is 12.0. The van der Waals surface area contributed by atoms with Gasteiger partial charge >= 0.3 is 0 Å². The van der Waals surface area contributed by atoms with E-state index in [2.05, 4.69) is 20.9 Å². The topological polar surface area (TPSA) is 31.4 Å². The highest BCUT2D eigenvalue weighted by Crippen LogP contribution is 2.44. The first-order chi connectivity index (χ1) is 8.19. The molecular formula is C11H9BrFNO2S. The van der Waals surface area contributed by atoms with Crippen molar-refractivity contribution < 1.29 is 13.9 Å². The van der Waals surface area contributed by atoms with Crippen LogP contribution in [0.25, 0.3) is 10.2 Å². The number of aromatic nitrogens is 1. The van der Waals surface area contributed by atoms with E-state index >= 15 is 0 Å². The van der Waals surface area contributed by atoms with E-state index < -0.39 is 0 Å². The zero-order valence-electron chi connectivity index (χ0n) is 9.00. The number of hydrogen-bond donors (Lipinski definition) is 0. The number of rotatable bonds is 1. The lowest BCUT2D eigenvalue weighted by molar-refractivity contribution is 0.0898. The van der Waals surface area contributed by atoms with Crippen molar-refractivity contribution in [1.82, 2.24) is 4.98 Å². The number of ether oxygens (including phenoxy) is 2. The number of thiazole rings is 1. The van der Waals surface area contributed by atoms with Crippen molar-refractivity contribution in [2.24, 2.45) is 0 Å². The normalized spacial score (nSPS) is 18.6. The summed E-state index contributed by atoms with van der Waals surface area (Å²) in [7, 11) is 0. The summed E-state index contributed by atoms with van der Waals surface area (Å²) in [5, 5.41) is 0. The Morgan fingerprint density at radius 1 is 1.65 bits per heavy atom. The van der Waals surface area contributed by atoms with E-state index in [0.717, 1.165) is 6.42 Å². The zero-order valence-corrected chi connectivity index (χ0v) is 11.4. The molecule has 0 fully saturated rings. The average Bonchev–Trinajstić information content (AvgIpc) is 2.71. The van der Waals surface area contributed by atoms with Crippen LogP contribution in [-0.4, -0.2) is 17.7 Å². The molecule has 0 amide bonds. The van der Waals surface area contributed by atoms with Crippen molar-refractivity contribution >= 4 is 37.5 Å². The van der Waals surface area contributed by atoms with Crippen molar-refractivity contribution in [3.8, 4) is 11.5 Å². The molecule has 1 aliphatic heterocycles. The minimum atomic E-state index is -0.374. The molecule has 0 radical (unpaired) electrons. The Morgan fingerprint density at radius 3 is 3.24 bits per heavy atom. The van der Waals surface area contributed by atoms with Crippen LogP contribution < -0.4 is 9.47 Å². The standard InChI is InChI=1S/C11H9BrFNO2S/c1-2-5-4-15-9-7(16-5)3-6(13)8-10(9)17-11(12)14-8/h3,5H,2,4H2,1H3/t5-/m0/s1. The maximum Gasteiger partial charge on any atom is 0.181 e. The molecule has 0 saturated carbocycles. The molecule has 2 aromatic rings. The Balaban J connectivity index is 2.20. The van der Waals surface area contributed by atoms with E-state index in [0.29, 0.717) is 32.2 Å². The van der Waals surface area contributed by atoms with Crippen LogP contribution in [0, 0.1) is 5.82 Å². The van der Waals surface area contributed by atoms with Crippen LogP contribution in [-0.2, 0) is 0 Å². The molecule has 2 heterocycles. The summed E-state index contributed by atoms with van der Waals surface area (Å²) in [6, 6.07) is 1.35. The average molecular weight is 318 g/mol. The molecule has 1 aromatic carbocycles. The van der Waals surface area contributed by atoms with E-state index in [1.807, 2.05) is 6.92 Å². The predicted molar refractivity (Wildman–Crippen MR) is 67.5 cm³/mol. The van der Waals surface area contributed by atoms with Crippen LogP contribution in [0.3, 0.4) is 0 Å². The van der Waals surface area contributed by atoms with Crippen LogP contribution in [0.2, 0.25) is 0 Å². The summed E-state index contributed by atoms with van der Waals surface area (Å²) in [6.45, 7) is 2.51. The number of nitrogens with zero attached hydrogens (tertiary/aromatic N) is 1. The summed E-state index contributed by atoms with van der Waals surface area (Å²) in [6.07, 6.45) is 0.835. The van der Waals surface area contributed by atoms with Crippen LogP contribution in [0.5, 0.6) is 11.5 Å². The molecule has 3 rings (SSSR count). The molecule has 0 saturated heterocycles. The summed E-state index contributed by atoms with van der Waals surface area (Å²) >= 11 is 4.61. The molecule has 0 spiro atoms. The molecule has 0 bridgehead atoms. The third kappa shape index (κ3) is 1.79. The first kappa shape index (κ1) is 11.2. The van der Waals surface area contributed by atoms with E-state index in [1.165, 1.54) is 17.4 Å². The Labute approximate surface area is 110 Å². The van der Waals surface area contributed by atoms with Gasteiger partial charge in [0.25, 0.3) is 0 Å². The maximum atomic E-state index is 13.8. The fourth-order valence-corrected chi connectivity index (χ4v) is 3.25.